The van der Waals surface area contributed by atoms with E-state index < -0.39 is 22.0 Å². The normalized spacial score (nSPS) is 12.3. The van der Waals surface area contributed by atoms with Gasteiger partial charge >= 0.3 is 0 Å². The Bertz CT molecular complexity index is 1100. The third-order valence-electron chi connectivity index (χ3n) is 4.43. The molecule has 1 atom stereocenters. The smallest absolute Gasteiger partial charge is 0.241 e. The number of hydrogen-bond acceptors (Lipinski definition) is 5. The summed E-state index contributed by atoms with van der Waals surface area (Å²) in [7, 11) is -4.03. The first-order valence-electron chi connectivity index (χ1n) is 9.67. The minimum Gasteiger partial charge on any atom is -0.492 e. The van der Waals surface area contributed by atoms with Crippen LogP contribution in [0.15, 0.2) is 76.2 Å². The Labute approximate surface area is 186 Å². The molecule has 0 radical (unpaired) electrons. The van der Waals surface area contributed by atoms with Gasteiger partial charge in [-0.25, -0.2) is 8.42 Å². The van der Waals surface area contributed by atoms with Gasteiger partial charge in [0.25, 0.3) is 0 Å². The summed E-state index contributed by atoms with van der Waals surface area (Å²) in [5.41, 5.74) is 0.813. The lowest BCUT2D eigenvalue weighted by molar-refractivity contribution is -0.122. The fourth-order valence-corrected chi connectivity index (χ4v) is 4.45. The van der Waals surface area contributed by atoms with Crippen molar-refractivity contribution in [2.24, 2.45) is 0 Å². The standard InChI is InChI=1S/C22H23ClN2O5S/c1-2-29-21-11-10-18(14-19(21)23)31(27,28)25-20(13-16-7-4-3-5-8-16)22(26)24-15-17-9-6-12-30-17/h3-12,14,20,25H,2,13,15H2,1H3,(H,24,26)/t20-/m1/s1. The van der Waals surface area contributed by atoms with Crippen molar-refractivity contribution >= 4 is 27.5 Å². The summed E-state index contributed by atoms with van der Waals surface area (Å²) >= 11 is 6.14. The molecule has 9 heteroatoms. The first kappa shape index (κ1) is 22.9. The second kappa shape index (κ2) is 10.5. The van der Waals surface area contributed by atoms with Gasteiger partial charge in [-0.3, -0.25) is 4.79 Å². The van der Waals surface area contributed by atoms with Crippen molar-refractivity contribution in [2.75, 3.05) is 6.61 Å². The molecule has 3 rings (SSSR count). The zero-order valence-corrected chi connectivity index (χ0v) is 18.4. The fraction of sp³-hybridized carbons (Fsp3) is 0.227. The molecule has 0 spiro atoms. The lowest BCUT2D eigenvalue weighted by Gasteiger charge is -2.19. The second-order valence-electron chi connectivity index (χ2n) is 6.69. The van der Waals surface area contributed by atoms with Gasteiger partial charge in [-0.2, -0.15) is 4.72 Å². The molecule has 31 heavy (non-hydrogen) atoms. The Morgan fingerprint density at radius 3 is 2.55 bits per heavy atom. The lowest BCUT2D eigenvalue weighted by atomic mass is 10.1. The number of halogens is 1. The van der Waals surface area contributed by atoms with Crippen molar-refractivity contribution < 1.29 is 22.4 Å². The number of furan rings is 1. The van der Waals surface area contributed by atoms with Crippen LogP contribution in [-0.4, -0.2) is 27.0 Å². The van der Waals surface area contributed by atoms with Crippen LogP contribution in [0.4, 0.5) is 0 Å². The number of benzene rings is 2. The van der Waals surface area contributed by atoms with E-state index in [0.717, 1.165) is 5.56 Å². The summed E-state index contributed by atoms with van der Waals surface area (Å²) in [5.74, 6) is 0.481. The first-order valence-corrected chi connectivity index (χ1v) is 11.5. The van der Waals surface area contributed by atoms with Gasteiger partial charge in [0.15, 0.2) is 0 Å². The Morgan fingerprint density at radius 2 is 1.90 bits per heavy atom. The van der Waals surface area contributed by atoms with E-state index in [9.17, 15) is 13.2 Å². The van der Waals surface area contributed by atoms with Crippen molar-refractivity contribution in [3.05, 3.63) is 83.3 Å². The van der Waals surface area contributed by atoms with Crippen LogP contribution < -0.4 is 14.8 Å². The molecule has 0 bridgehead atoms. The van der Waals surface area contributed by atoms with Gasteiger partial charge in [-0.05, 0) is 49.2 Å². The minimum atomic E-state index is -4.03. The van der Waals surface area contributed by atoms with Crippen molar-refractivity contribution in [3.63, 3.8) is 0 Å². The van der Waals surface area contributed by atoms with Crippen molar-refractivity contribution in [1.82, 2.24) is 10.0 Å². The molecule has 2 aromatic carbocycles. The molecule has 164 valence electrons. The number of carbonyl (C=O) groups excluding carboxylic acids is 1. The van der Waals surface area contributed by atoms with Crippen LogP contribution in [0.5, 0.6) is 5.75 Å². The molecule has 1 heterocycles. The minimum absolute atomic E-state index is 0.0575. The molecule has 0 aliphatic rings. The molecular formula is C22H23ClN2O5S. The van der Waals surface area contributed by atoms with Gasteiger partial charge < -0.3 is 14.5 Å². The number of nitrogens with one attached hydrogen (secondary N) is 2. The molecular weight excluding hydrogens is 440 g/mol. The summed E-state index contributed by atoms with van der Waals surface area (Å²) in [5, 5.41) is 2.88. The van der Waals surface area contributed by atoms with E-state index in [1.54, 1.807) is 19.1 Å². The van der Waals surface area contributed by atoms with E-state index in [1.807, 2.05) is 30.3 Å². The maximum atomic E-state index is 13.0. The summed E-state index contributed by atoms with van der Waals surface area (Å²) in [6.45, 7) is 2.35. The van der Waals surface area contributed by atoms with Gasteiger partial charge in [-0.15, -0.1) is 0 Å². The van der Waals surface area contributed by atoms with E-state index >= 15 is 0 Å². The quantitative estimate of drug-likeness (QED) is 0.480. The van der Waals surface area contributed by atoms with Crippen LogP contribution in [0, 0.1) is 0 Å². The van der Waals surface area contributed by atoms with E-state index in [4.69, 9.17) is 20.8 Å². The molecule has 0 saturated heterocycles. The lowest BCUT2D eigenvalue weighted by Crippen LogP contribution is -2.47. The zero-order valence-electron chi connectivity index (χ0n) is 16.9. The van der Waals surface area contributed by atoms with E-state index in [-0.39, 0.29) is 22.9 Å². The van der Waals surface area contributed by atoms with Crippen molar-refractivity contribution in [3.8, 4) is 5.75 Å². The van der Waals surface area contributed by atoms with Crippen LogP contribution in [0.25, 0.3) is 0 Å². The van der Waals surface area contributed by atoms with Crippen LogP contribution in [0.3, 0.4) is 0 Å². The molecule has 0 fully saturated rings. The second-order valence-corrected chi connectivity index (χ2v) is 8.81. The Kier molecular flexibility index (Phi) is 7.73. The van der Waals surface area contributed by atoms with Gasteiger partial charge in [-0.1, -0.05) is 41.9 Å². The van der Waals surface area contributed by atoms with Gasteiger partial charge in [0.05, 0.1) is 29.3 Å². The molecule has 0 unspecified atom stereocenters. The van der Waals surface area contributed by atoms with E-state index in [0.29, 0.717) is 18.1 Å². The van der Waals surface area contributed by atoms with E-state index in [1.165, 1.54) is 24.5 Å². The summed E-state index contributed by atoms with van der Waals surface area (Å²) in [4.78, 5) is 12.8. The number of sulfonamides is 1. The number of amides is 1. The summed E-state index contributed by atoms with van der Waals surface area (Å²) in [6, 6.07) is 15.7. The first-order chi connectivity index (χ1) is 14.9. The highest BCUT2D eigenvalue weighted by Crippen LogP contribution is 2.27. The summed E-state index contributed by atoms with van der Waals surface area (Å²) in [6.07, 6.45) is 1.68. The van der Waals surface area contributed by atoms with Crippen LogP contribution in [0.1, 0.15) is 18.2 Å². The van der Waals surface area contributed by atoms with Gasteiger partial charge in [0.2, 0.25) is 15.9 Å². The molecule has 1 amide bonds. The van der Waals surface area contributed by atoms with Crippen LogP contribution >= 0.6 is 11.6 Å². The molecule has 0 aliphatic heterocycles. The van der Waals surface area contributed by atoms with Gasteiger partial charge in [0, 0.05) is 0 Å². The fourth-order valence-electron chi connectivity index (χ4n) is 2.92. The molecule has 0 aliphatic carbocycles. The number of carbonyl (C=O) groups is 1. The van der Waals surface area contributed by atoms with Crippen molar-refractivity contribution in [1.29, 1.82) is 0 Å². The zero-order chi connectivity index (χ0) is 22.3. The van der Waals surface area contributed by atoms with Crippen LogP contribution in [0.2, 0.25) is 5.02 Å². The molecule has 2 N–H and O–H groups in total. The molecule has 3 aromatic rings. The molecule has 0 saturated carbocycles. The average molecular weight is 463 g/mol. The number of hydrogen-bond donors (Lipinski definition) is 2. The maximum absolute atomic E-state index is 13.0. The van der Waals surface area contributed by atoms with Crippen LogP contribution in [-0.2, 0) is 27.8 Å². The maximum Gasteiger partial charge on any atom is 0.241 e. The topological polar surface area (TPSA) is 97.6 Å². The Balaban J connectivity index is 1.80. The number of rotatable bonds is 10. The highest BCUT2D eigenvalue weighted by Gasteiger charge is 2.26. The SMILES string of the molecule is CCOc1ccc(S(=O)(=O)N[C@H](Cc2ccccc2)C(=O)NCc2ccco2)cc1Cl. The predicted octanol–water partition coefficient (Wildman–Crippen LogP) is 3.54. The highest BCUT2D eigenvalue weighted by molar-refractivity contribution is 7.89. The Hall–Kier alpha value is -2.81. The Morgan fingerprint density at radius 1 is 1.13 bits per heavy atom. The number of ether oxygens (including phenoxy) is 1. The molecule has 7 nitrogen and oxygen atoms in total. The summed E-state index contributed by atoms with van der Waals surface area (Å²) < 4.78 is 39.0. The third-order valence-corrected chi connectivity index (χ3v) is 6.19. The van der Waals surface area contributed by atoms with Gasteiger partial charge in [0.1, 0.15) is 17.6 Å². The van der Waals surface area contributed by atoms with E-state index in [2.05, 4.69) is 10.0 Å². The monoisotopic (exact) mass is 462 g/mol. The third kappa shape index (κ3) is 6.33. The molecule has 1 aromatic heterocycles. The largest absolute Gasteiger partial charge is 0.492 e. The predicted molar refractivity (Wildman–Crippen MR) is 117 cm³/mol. The average Bonchev–Trinajstić information content (AvgIpc) is 3.27. The highest BCUT2D eigenvalue weighted by atomic mass is 35.5. The van der Waals surface area contributed by atoms with Crippen molar-refractivity contribution in [2.45, 2.75) is 30.8 Å².